The minimum absolute atomic E-state index is 0.256. The number of hydrogen-bond donors (Lipinski definition) is 0. The number of amides is 2. The fourth-order valence-corrected chi connectivity index (χ4v) is 8.01. The van der Waals surface area contributed by atoms with Crippen molar-refractivity contribution in [3.05, 3.63) is 0 Å². The van der Waals surface area contributed by atoms with Gasteiger partial charge >= 0.3 is 0 Å². The molecule has 1 spiro atoms. The van der Waals surface area contributed by atoms with E-state index in [9.17, 15) is 9.59 Å². The Kier molecular flexibility index (Phi) is 8.52. The lowest BCUT2D eigenvalue weighted by atomic mass is 9.64. The summed E-state index contributed by atoms with van der Waals surface area (Å²) in [5.74, 6) is 3.56. The van der Waals surface area contributed by atoms with Crippen molar-refractivity contribution in [3.8, 4) is 0 Å². The predicted molar refractivity (Wildman–Crippen MR) is 148 cm³/mol. The van der Waals surface area contributed by atoms with Gasteiger partial charge in [-0.15, -0.1) is 0 Å². The first-order valence-electron chi connectivity index (χ1n) is 15.4. The smallest absolute Gasteiger partial charge is 0.227 e. The Morgan fingerprint density at radius 3 is 1.69 bits per heavy atom. The van der Waals surface area contributed by atoms with Crippen LogP contribution in [-0.4, -0.2) is 47.8 Å². The van der Waals surface area contributed by atoms with Crippen LogP contribution < -0.4 is 0 Å². The fourth-order valence-electron chi connectivity index (χ4n) is 8.01. The highest BCUT2D eigenvalue weighted by Crippen LogP contribution is 2.48. The minimum Gasteiger partial charge on any atom is -0.342 e. The van der Waals surface area contributed by atoms with Crippen LogP contribution in [0, 0.1) is 39.9 Å². The van der Waals surface area contributed by atoms with E-state index in [1.54, 1.807) is 0 Å². The van der Waals surface area contributed by atoms with Gasteiger partial charge in [-0.1, -0.05) is 41.5 Å². The summed E-state index contributed by atoms with van der Waals surface area (Å²) in [4.78, 5) is 30.2. The molecule has 0 aromatic heterocycles. The summed E-state index contributed by atoms with van der Waals surface area (Å²) >= 11 is 0. The first-order chi connectivity index (χ1) is 16.9. The van der Waals surface area contributed by atoms with Crippen molar-refractivity contribution in [2.24, 2.45) is 39.9 Å². The average Bonchev–Trinajstić information content (AvgIpc) is 2.85. The Bertz CT molecular complexity index is 742. The molecular weight excluding hydrogens is 444 g/mol. The maximum Gasteiger partial charge on any atom is 0.227 e. The molecular formula is C32H56N2O2. The Morgan fingerprint density at radius 2 is 1.19 bits per heavy atom. The van der Waals surface area contributed by atoms with Crippen molar-refractivity contribution in [2.75, 3.05) is 26.2 Å². The summed E-state index contributed by atoms with van der Waals surface area (Å²) in [6.45, 7) is 17.1. The minimum atomic E-state index is -0.256. The van der Waals surface area contributed by atoms with Crippen molar-refractivity contribution in [1.29, 1.82) is 0 Å². The van der Waals surface area contributed by atoms with E-state index in [1.807, 2.05) is 20.8 Å². The van der Waals surface area contributed by atoms with E-state index in [4.69, 9.17) is 0 Å². The van der Waals surface area contributed by atoms with Crippen LogP contribution in [0.3, 0.4) is 0 Å². The van der Waals surface area contributed by atoms with E-state index in [1.165, 1.54) is 70.6 Å². The molecule has 0 bridgehead atoms. The zero-order chi connectivity index (χ0) is 26.1. The van der Waals surface area contributed by atoms with Gasteiger partial charge in [0.1, 0.15) is 0 Å². The average molecular weight is 501 g/mol. The zero-order valence-corrected chi connectivity index (χ0v) is 24.5. The maximum absolute atomic E-state index is 13.2. The van der Waals surface area contributed by atoms with Crippen LogP contribution in [0.2, 0.25) is 0 Å². The molecule has 0 aromatic carbocycles. The molecule has 2 saturated heterocycles. The summed E-state index contributed by atoms with van der Waals surface area (Å²) in [7, 11) is 0. The lowest BCUT2D eigenvalue weighted by Crippen LogP contribution is -2.48. The summed E-state index contributed by atoms with van der Waals surface area (Å²) in [5, 5.41) is 0. The van der Waals surface area contributed by atoms with E-state index < -0.39 is 0 Å². The highest BCUT2D eigenvalue weighted by atomic mass is 16.2. The van der Waals surface area contributed by atoms with Crippen LogP contribution in [0.5, 0.6) is 0 Å². The Morgan fingerprint density at radius 1 is 0.667 bits per heavy atom. The maximum atomic E-state index is 13.2. The van der Waals surface area contributed by atoms with Gasteiger partial charge in [-0.2, -0.15) is 0 Å². The molecule has 4 nitrogen and oxygen atoms in total. The van der Waals surface area contributed by atoms with Crippen molar-refractivity contribution in [3.63, 3.8) is 0 Å². The van der Waals surface area contributed by atoms with E-state index in [0.29, 0.717) is 28.6 Å². The fraction of sp³-hybridized carbons (Fsp3) is 0.938. The largest absolute Gasteiger partial charge is 0.342 e. The van der Waals surface area contributed by atoms with E-state index in [-0.39, 0.29) is 5.41 Å². The van der Waals surface area contributed by atoms with Gasteiger partial charge in [-0.05, 0) is 112 Å². The second-order valence-electron chi connectivity index (χ2n) is 15.4. The predicted octanol–water partition coefficient (Wildman–Crippen LogP) is 7.31. The first kappa shape index (κ1) is 28.0. The van der Waals surface area contributed by atoms with Crippen molar-refractivity contribution >= 4 is 11.8 Å². The van der Waals surface area contributed by atoms with Gasteiger partial charge < -0.3 is 9.80 Å². The molecule has 4 fully saturated rings. The third-order valence-electron chi connectivity index (χ3n) is 10.8. The standard InChI is InChI=1S/C32H56N2O2/c1-30(2,3)27-9-7-26(8-10-27)28(35)33-19-13-25(14-20-33)23-24-11-15-32(16-12-24)17-21-34(22-18-32)29(36)31(4,5)6/h24-27H,7-23H2,1-6H3. The van der Waals surface area contributed by atoms with Crippen LogP contribution >= 0.6 is 0 Å². The monoisotopic (exact) mass is 500 g/mol. The normalized spacial score (nSPS) is 28.9. The summed E-state index contributed by atoms with van der Waals surface area (Å²) in [6.07, 6.45) is 16.4. The van der Waals surface area contributed by atoms with E-state index in [2.05, 4.69) is 30.6 Å². The second kappa shape index (κ2) is 11.0. The van der Waals surface area contributed by atoms with Crippen LogP contribution in [0.1, 0.15) is 125 Å². The topological polar surface area (TPSA) is 40.6 Å². The summed E-state index contributed by atoms with van der Waals surface area (Å²) in [5.41, 5.74) is 0.634. The molecule has 4 heteroatoms. The highest BCUT2D eigenvalue weighted by Gasteiger charge is 2.41. The number of nitrogens with zero attached hydrogens (tertiary/aromatic N) is 2. The highest BCUT2D eigenvalue weighted by molar-refractivity contribution is 5.81. The van der Waals surface area contributed by atoms with Gasteiger partial charge in [0.25, 0.3) is 0 Å². The van der Waals surface area contributed by atoms with Crippen LogP contribution in [0.4, 0.5) is 0 Å². The first-order valence-corrected chi connectivity index (χ1v) is 15.4. The molecule has 2 aliphatic heterocycles. The third-order valence-corrected chi connectivity index (χ3v) is 10.8. The van der Waals surface area contributed by atoms with Gasteiger partial charge in [-0.25, -0.2) is 0 Å². The number of carbonyl (C=O) groups excluding carboxylic acids is 2. The SMILES string of the molecule is CC(C)(C)C(=O)N1CCC2(CCC(CC3CCN(C(=O)C4CCC(C(C)(C)C)CC4)CC3)CC2)CC1. The molecule has 4 aliphatic rings. The Balaban J connectivity index is 1.15. The molecule has 2 aliphatic carbocycles. The van der Waals surface area contributed by atoms with Gasteiger partial charge in [0.05, 0.1) is 0 Å². The molecule has 0 radical (unpaired) electrons. The third kappa shape index (κ3) is 6.68. The number of rotatable bonds is 3. The number of carbonyl (C=O) groups is 2. The molecule has 2 saturated carbocycles. The molecule has 36 heavy (non-hydrogen) atoms. The van der Waals surface area contributed by atoms with Crippen molar-refractivity contribution in [2.45, 2.75) is 125 Å². The molecule has 0 aromatic rings. The lowest BCUT2D eigenvalue weighted by molar-refractivity contribution is -0.142. The Labute approximate surface area is 222 Å². The van der Waals surface area contributed by atoms with E-state index in [0.717, 1.165) is 56.8 Å². The lowest BCUT2D eigenvalue weighted by Gasteiger charge is -2.47. The second-order valence-corrected chi connectivity index (χ2v) is 15.4. The van der Waals surface area contributed by atoms with Crippen molar-refractivity contribution < 1.29 is 9.59 Å². The number of hydrogen-bond acceptors (Lipinski definition) is 2. The molecule has 2 amide bonds. The van der Waals surface area contributed by atoms with Gasteiger partial charge in [0, 0.05) is 37.5 Å². The van der Waals surface area contributed by atoms with Crippen molar-refractivity contribution in [1.82, 2.24) is 9.80 Å². The quantitative estimate of drug-likeness (QED) is 0.407. The number of piperidine rings is 2. The van der Waals surface area contributed by atoms with Gasteiger partial charge in [0.15, 0.2) is 0 Å². The molecule has 2 heterocycles. The summed E-state index contributed by atoms with van der Waals surface area (Å²) < 4.78 is 0. The molecule has 4 rings (SSSR count). The van der Waals surface area contributed by atoms with Crippen LogP contribution in [0.15, 0.2) is 0 Å². The zero-order valence-electron chi connectivity index (χ0n) is 24.5. The van der Waals surface area contributed by atoms with Gasteiger partial charge in [-0.3, -0.25) is 9.59 Å². The molecule has 0 N–H and O–H groups in total. The number of likely N-dealkylation sites (tertiary alicyclic amines) is 2. The molecule has 0 atom stereocenters. The van der Waals surface area contributed by atoms with Gasteiger partial charge in [0.2, 0.25) is 11.8 Å². The Hall–Kier alpha value is -1.06. The van der Waals surface area contributed by atoms with E-state index >= 15 is 0 Å². The summed E-state index contributed by atoms with van der Waals surface area (Å²) in [6, 6.07) is 0. The molecule has 0 unspecified atom stereocenters. The van der Waals surface area contributed by atoms with Crippen LogP contribution in [-0.2, 0) is 9.59 Å². The molecule has 206 valence electrons. The van der Waals surface area contributed by atoms with Crippen LogP contribution in [0.25, 0.3) is 0 Å².